The molecule has 102 valence electrons. The Balaban J connectivity index is 2.18. The van der Waals surface area contributed by atoms with Gasteiger partial charge in [0, 0.05) is 31.4 Å². The average Bonchev–Trinajstić information content (AvgIpc) is 2.72. The van der Waals surface area contributed by atoms with Crippen LogP contribution in [0.15, 0.2) is 43.5 Å². The molecule has 2 aromatic rings. The van der Waals surface area contributed by atoms with Crippen molar-refractivity contribution in [3.63, 3.8) is 0 Å². The predicted molar refractivity (Wildman–Crippen MR) is 84.6 cm³/mol. The van der Waals surface area contributed by atoms with Gasteiger partial charge in [0.1, 0.15) is 0 Å². The number of rotatable bonds is 4. The number of nitrogen functional groups attached to an aromatic ring is 1. The van der Waals surface area contributed by atoms with Crippen LogP contribution >= 0.6 is 43.2 Å². The Kier molecular flexibility index (Phi) is 4.67. The molecule has 19 heavy (non-hydrogen) atoms. The number of halogens is 2. The summed E-state index contributed by atoms with van der Waals surface area (Å²) >= 11 is 8.02. The molecule has 0 amide bonds. The van der Waals surface area contributed by atoms with E-state index in [0.717, 1.165) is 9.35 Å². The summed E-state index contributed by atoms with van der Waals surface area (Å²) in [6.45, 7) is 0.259. The number of hydrogen-bond acceptors (Lipinski definition) is 4. The maximum absolute atomic E-state index is 12.2. The van der Waals surface area contributed by atoms with Crippen LogP contribution in [0.25, 0.3) is 0 Å². The van der Waals surface area contributed by atoms with Crippen LogP contribution in [0.4, 0.5) is 5.69 Å². The first-order valence-electron chi connectivity index (χ1n) is 5.16. The summed E-state index contributed by atoms with van der Waals surface area (Å²) in [7, 11) is -3.56. The quantitative estimate of drug-likeness (QED) is 0.737. The molecule has 1 aromatic carbocycles. The van der Waals surface area contributed by atoms with Crippen LogP contribution in [0.1, 0.15) is 4.88 Å². The Morgan fingerprint density at radius 3 is 2.58 bits per heavy atom. The molecule has 0 aliphatic rings. The molecule has 3 N–H and O–H groups in total. The lowest BCUT2D eigenvalue weighted by Crippen LogP contribution is -2.23. The minimum Gasteiger partial charge on any atom is -0.399 e. The van der Waals surface area contributed by atoms with Gasteiger partial charge in [-0.25, -0.2) is 13.1 Å². The monoisotopic (exact) mass is 424 g/mol. The number of benzene rings is 1. The van der Waals surface area contributed by atoms with E-state index in [4.69, 9.17) is 5.73 Å². The summed E-state index contributed by atoms with van der Waals surface area (Å²) in [4.78, 5) is 1.11. The highest BCUT2D eigenvalue weighted by molar-refractivity contribution is 9.10. The van der Waals surface area contributed by atoms with Crippen molar-refractivity contribution in [2.45, 2.75) is 11.4 Å². The highest BCUT2D eigenvalue weighted by Gasteiger charge is 2.17. The fourth-order valence-corrected chi connectivity index (χ4v) is 5.01. The maximum atomic E-state index is 12.2. The Bertz CT molecular complexity index is 698. The zero-order valence-electron chi connectivity index (χ0n) is 9.56. The van der Waals surface area contributed by atoms with Crippen LogP contribution < -0.4 is 10.5 Å². The van der Waals surface area contributed by atoms with Gasteiger partial charge < -0.3 is 5.73 Å². The highest BCUT2D eigenvalue weighted by Crippen LogP contribution is 2.25. The lowest BCUT2D eigenvalue weighted by molar-refractivity contribution is 0.581. The first-order chi connectivity index (χ1) is 8.88. The summed E-state index contributed by atoms with van der Waals surface area (Å²) in [5, 5.41) is 1.91. The van der Waals surface area contributed by atoms with Crippen LogP contribution in [-0.4, -0.2) is 8.42 Å². The minimum atomic E-state index is -3.56. The first-order valence-corrected chi connectivity index (χ1v) is 9.11. The number of sulfonamides is 1. The van der Waals surface area contributed by atoms with E-state index in [1.54, 1.807) is 12.1 Å². The Labute approximate surface area is 132 Å². The van der Waals surface area contributed by atoms with Gasteiger partial charge in [-0.2, -0.15) is 0 Å². The van der Waals surface area contributed by atoms with Gasteiger partial charge in [0.25, 0.3) is 0 Å². The number of thiophene rings is 1. The Morgan fingerprint density at radius 2 is 2.00 bits per heavy atom. The van der Waals surface area contributed by atoms with E-state index < -0.39 is 10.0 Å². The molecule has 1 heterocycles. The van der Waals surface area contributed by atoms with Gasteiger partial charge in [0.2, 0.25) is 10.0 Å². The van der Waals surface area contributed by atoms with Crippen LogP contribution in [0, 0.1) is 0 Å². The second-order valence-electron chi connectivity index (χ2n) is 3.75. The van der Waals surface area contributed by atoms with Gasteiger partial charge in [0.05, 0.1) is 4.90 Å². The largest absolute Gasteiger partial charge is 0.399 e. The van der Waals surface area contributed by atoms with Crippen molar-refractivity contribution < 1.29 is 8.42 Å². The summed E-state index contributed by atoms with van der Waals surface area (Å²) in [6.07, 6.45) is 0. The van der Waals surface area contributed by atoms with E-state index >= 15 is 0 Å². The van der Waals surface area contributed by atoms with Crippen LogP contribution in [-0.2, 0) is 16.6 Å². The number of nitrogens with two attached hydrogens (primary N) is 1. The summed E-state index contributed by atoms with van der Waals surface area (Å²) in [6, 6.07) is 6.48. The van der Waals surface area contributed by atoms with E-state index in [2.05, 4.69) is 36.6 Å². The minimum absolute atomic E-state index is 0.178. The van der Waals surface area contributed by atoms with E-state index in [0.29, 0.717) is 10.2 Å². The average molecular weight is 426 g/mol. The molecule has 4 nitrogen and oxygen atoms in total. The third kappa shape index (κ3) is 3.79. The fraction of sp³-hybridized carbons (Fsp3) is 0.0909. The smallest absolute Gasteiger partial charge is 0.242 e. The molecule has 0 aliphatic heterocycles. The van der Waals surface area contributed by atoms with Gasteiger partial charge in [-0.1, -0.05) is 0 Å². The second-order valence-corrected chi connectivity index (χ2v) is 8.25. The molecular weight excluding hydrogens is 416 g/mol. The van der Waals surface area contributed by atoms with Gasteiger partial charge in [0.15, 0.2) is 0 Å². The molecule has 0 spiro atoms. The lowest BCUT2D eigenvalue weighted by atomic mass is 10.3. The number of hydrogen-bond donors (Lipinski definition) is 2. The molecule has 0 atom stereocenters. The van der Waals surface area contributed by atoms with Crippen LogP contribution in [0.3, 0.4) is 0 Å². The maximum Gasteiger partial charge on any atom is 0.242 e. The zero-order valence-corrected chi connectivity index (χ0v) is 14.4. The van der Waals surface area contributed by atoms with Crippen molar-refractivity contribution in [3.8, 4) is 0 Å². The molecule has 0 unspecified atom stereocenters. The van der Waals surface area contributed by atoms with Crippen molar-refractivity contribution in [2.75, 3.05) is 5.73 Å². The molecule has 0 saturated carbocycles. The van der Waals surface area contributed by atoms with Gasteiger partial charge >= 0.3 is 0 Å². The van der Waals surface area contributed by atoms with E-state index in [-0.39, 0.29) is 11.4 Å². The van der Waals surface area contributed by atoms with Crippen molar-refractivity contribution >= 4 is 58.9 Å². The molecule has 0 saturated heterocycles. The number of anilines is 1. The van der Waals surface area contributed by atoms with Crippen molar-refractivity contribution in [1.29, 1.82) is 0 Å². The lowest BCUT2D eigenvalue weighted by Gasteiger charge is -2.08. The third-order valence-corrected chi connectivity index (χ3v) is 6.38. The standard InChI is InChI=1S/C11H10Br2N2O2S2/c12-7-3-9(18-6-7)5-15-19(16,17)11-2-1-8(14)4-10(11)13/h1-4,6,15H,5,14H2. The van der Waals surface area contributed by atoms with Crippen molar-refractivity contribution in [1.82, 2.24) is 4.72 Å². The molecular formula is C11H10Br2N2O2S2. The van der Waals surface area contributed by atoms with Gasteiger partial charge in [-0.15, -0.1) is 11.3 Å². The molecule has 0 aliphatic carbocycles. The van der Waals surface area contributed by atoms with Crippen molar-refractivity contribution in [2.24, 2.45) is 0 Å². The topological polar surface area (TPSA) is 72.2 Å². The Morgan fingerprint density at radius 1 is 1.26 bits per heavy atom. The highest BCUT2D eigenvalue weighted by atomic mass is 79.9. The zero-order chi connectivity index (χ0) is 14.0. The predicted octanol–water partition coefficient (Wildman–Crippen LogP) is 3.33. The molecule has 0 bridgehead atoms. The summed E-state index contributed by atoms with van der Waals surface area (Å²) in [5.74, 6) is 0. The molecule has 1 aromatic heterocycles. The van der Waals surface area contributed by atoms with E-state index in [9.17, 15) is 8.42 Å². The van der Waals surface area contributed by atoms with Gasteiger partial charge in [-0.3, -0.25) is 0 Å². The molecule has 2 rings (SSSR count). The SMILES string of the molecule is Nc1ccc(S(=O)(=O)NCc2cc(Br)cs2)c(Br)c1. The molecule has 8 heteroatoms. The summed E-state index contributed by atoms with van der Waals surface area (Å²) < 4.78 is 28.3. The van der Waals surface area contributed by atoms with E-state index in [1.165, 1.54) is 17.4 Å². The Hall–Kier alpha value is -0.410. The van der Waals surface area contributed by atoms with E-state index in [1.807, 2.05) is 11.4 Å². The first kappa shape index (κ1) is 15.0. The van der Waals surface area contributed by atoms with Gasteiger partial charge in [-0.05, 0) is 56.1 Å². The van der Waals surface area contributed by atoms with Crippen LogP contribution in [0.5, 0.6) is 0 Å². The normalized spacial score (nSPS) is 11.7. The second kappa shape index (κ2) is 5.92. The molecule has 0 fully saturated rings. The van der Waals surface area contributed by atoms with Crippen LogP contribution in [0.2, 0.25) is 0 Å². The van der Waals surface area contributed by atoms with Crippen molar-refractivity contribution in [3.05, 3.63) is 43.5 Å². The number of nitrogens with one attached hydrogen (secondary N) is 1. The summed E-state index contributed by atoms with van der Waals surface area (Å²) in [5.41, 5.74) is 6.10. The third-order valence-electron chi connectivity index (χ3n) is 2.30. The molecule has 0 radical (unpaired) electrons. The fourth-order valence-electron chi connectivity index (χ4n) is 1.43.